The van der Waals surface area contributed by atoms with Crippen molar-refractivity contribution in [2.75, 3.05) is 11.3 Å². The predicted octanol–water partition coefficient (Wildman–Crippen LogP) is 2.25. The lowest BCUT2D eigenvalue weighted by Gasteiger charge is -2.14. The van der Waals surface area contributed by atoms with Gasteiger partial charge < -0.3 is 10.6 Å². The van der Waals surface area contributed by atoms with Crippen molar-refractivity contribution >= 4 is 21.6 Å². The normalized spacial score (nSPS) is 17.0. The molecule has 0 radical (unpaired) electrons. The molecule has 1 fully saturated rings. The summed E-state index contributed by atoms with van der Waals surface area (Å²) >= 11 is 0. The van der Waals surface area contributed by atoms with Gasteiger partial charge in [-0.25, -0.2) is 8.42 Å². The van der Waals surface area contributed by atoms with Crippen LogP contribution in [0, 0.1) is 0 Å². The van der Waals surface area contributed by atoms with Crippen molar-refractivity contribution in [2.45, 2.75) is 36.7 Å². The molecule has 1 aliphatic rings. The Labute approximate surface area is 154 Å². The number of amides is 1. The molecule has 0 aliphatic carbocycles. The van der Waals surface area contributed by atoms with E-state index >= 15 is 0 Å². The van der Waals surface area contributed by atoms with Gasteiger partial charge in [0.15, 0.2) is 0 Å². The standard InChI is InChI=1S/C19H23N3O3S/c23-19(13-16-8-6-12-20-16)21-14-15-7-4-5-11-18(15)22-26(24,25)17-9-2-1-3-10-17/h1-5,7,9-11,16,20,22H,6,8,12-14H2,(H,21,23). The Kier molecular flexibility index (Phi) is 5.90. The van der Waals surface area contributed by atoms with E-state index in [2.05, 4.69) is 15.4 Å². The van der Waals surface area contributed by atoms with Crippen molar-refractivity contribution in [2.24, 2.45) is 0 Å². The number of carbonyl (C=O) groups is 1. The zero-order chi connectivity index (χ0) is 18.4. The van der Waals surface area contributed by atoms with E-state index < -0.39 is 10.0 Å². The molecule has 6 nitrogen and oxygen atoms in total. The minimum atomic E-state index is -3.67. The fourth-order valence-electron chi connectivity index (χ4n) is 3.00. The number of hydrogen-bond donors (Lipinski definition) is 3. The SMILES string of the molecule is O=C(CC1CCCN1)NCc1ccccc1NS(=O)(=O)c1ccccc1. The number of para-hydroxylation sites is 1. The third-order valence-corrected chi connectivity index (χ3v) is 5.77. The molecule has 2 aromatic carbocycles. The minimum Gasteiger partial charge on any atom is -0.352 e. The van der Waals surface area contributed by atoms with E-state index in [1.165, 1.54) is 0 Å². The van der Waals surface area contributed by atoms with E-state index in [0.29, 0.717) is 12.1 Å². The molecule has 0 saturated carbocycles. The average molecular weight is 373 g/mol. The molecule has 3 rings (SSSR count). The summed E-state index contributed by atoms with van der Waals surface area (Å²) in [7, 11) is -3.67. The number of benzene rings is 2. The second-order valence-electron chi connectivity index (χ2n) is 6.35. The number of sulfonamides is 1. The molecule has 26 heavy (non-hydrogen) atoms. The van der Waals surface area contributed by atoms with Gasteiger partial charge in [-0.2, -0.15) is 0 Å². The second kappa shape index (κ2) is 8.33. The third kappa shape index (κ3) is 4.83. The molecular formula is C19H23N3O3S. The highest BCUT2D eigenvalue weighted by Crippen LogP contribution is 2.20. The van der Waals surface area contributed by atoms with Crippen LogP contribution >= 0.6 is 0 Å². The summed E-state index contributed by atoms with van der Waals surface area (Å²) in [5.41, 5.74) is 1.19. The molecule has 1 aliphatic heterocycles. The van der Waals surface area contributed by atoms with Crippen LogP contribution in [-0.2, 0) is 21.4 Å². The van der Waals surface area contributed by atoms with Gasteiger partial charge in [-0.15, -0.1) is 0 Å². The van der Waals surface area contributed by atoms with Crippen LogP contribution in [0.2, 0.25) is 0 Å². The van der Waals surface area contributed by atoms with Gasteiger partial charge in [0.05, 0.1) is 10.6 Å². The van der Waals surface area contributed by atoms with Crippen molar-refractivity contribution in [1.82, 2.24) is 10.6 Å². The Morgan fingerprint density at radius 3 is 2.54 bits per heavy atom. The zero-order valence-electron chi connectivity index (χ0n) is 14.4. The first-order valence-electron chi connectivity index (χ1n) is 8.70. The van der Waals surface area contributed by atoms with Crippen LogP contribution in [-0.4, -0.2) is 26.9 Å². The molecule has 3 N–H and O–H groups in total. The molecule has 1 heterocycles. The first-order chi connectivity index (χ1) is 12.5. The van der Waals surface area contributed by atoms with Gasteiger partial charge in [0.2, 0.25) is 5.91 Å². The van der Waals surface area contributed by atoms with Crippen LogP contribution in [0.5, 0.6) is 0 Å². The number of anilines is 1. The molecule has 1 atom stereocenters. The monoisotopic (exact) mass is 373 g/mol. The highest BCUT2D eigenvalue weighted by Gasteiger charge is 2.18. The Balaban J connectivity index is 1.65. The maximum absolute atomic E-state index is 12.5. The summed E-state index contributed by atoms with van der Waals surface area (Å²) in [6, 6.07) is 15.5. The lowest BCUT2D eigenvalue weighted by Crippen LogP contribution is -2.31. The van der Waals surface area contributed by atoms with E-state index in [9.17, 15) is 13.2 Å². The van der Waals surface area contributed by atoms with Crippen molar-refractivity contribution in [3.63, 3.8) is 0 Å². The summed E-state index contributed by atoms with van der Waals surface area (Å²) < 4.78 is 27.6. The smallest absolute Gasteiger partial charge is 0.261 e. The van der Waals surface area contributed by atoms with Crippen LogP contribution in [0.4, 0.5) is 5.69 Å². The number of rotatable bonds is 7. The molecule has 1 amide bonds. The van der Waals surface area contributed by atoms with Gasteiger partial charge in [0, 0.05) is 19.0 Å². The van der Waals surface area contributed by atoms with Gasteiger partial charge in [0.1, 0.15) is 0 Å². The molecular weight excluding hydrogens is 350 g/mol. The van der Waals surface area contributed by atoms with E-state index in [0.717, 1.165) is 24.9 Å². The lowest BCUT2D eigenvalue weighted by molar-refractivity contribution is -0.121. The quantitative estimate of drug-likeness (QED) is 0.695. The summed E-state index contributed by atoms with van der Waals surface area (Å²) in [4.78, 5) is 12.3. The van der Waals surface area contributed by atoms with Crippen molar-refractivity contribution < 1.29 is 13.2 Å². The van der Waals surface area contributed by atoms with Crippen LogP contribution in [0.1, 0.15) is 24.8 Å². The Bertz CT molecular complexity index is 847. The highest BCUT2D eigenvalue weighted by molar-refractivity contribution is 7.92. The van der Waals surface area contributed by atoms with Crippen molar-refractivity contribution in [1.29, 1.82) is 0 Å². The predicted molar refractivity (Wildman–Crippen MR) is 101 cm³/mol. The van der Waals surface area contributed by atoms with Gasteiger partial charge in [-0.1, -0.05) is 36.4 Å². The first-order valence-corrected chi connectivity index (χ1v) is 10.2. The maximum atomic E-state index is 12.5. The summed E-state index contributed by atoms with van der Waals surface area (Å²) in [6.07, 6.45) is 2.56. The van der Waals surface area contributed by atoms with E-state index in [1.807, 2.05) is 6.07 Å². The molecule has 1 saturated heterocycles. The Morgan fingerprint density at radius 1 is 1.08 bits per heavy atom. The van der Waals surface area contributed by atoms with Crippen LogP contribution < -0.4 is 15.4 Å². The van der Waals surface area contributed by atoms with Gasteiger partial charge in [-0.05, 0) is 43.1 Å². The molecule has 7 heteroatoms. The number of carbonyl (C=O) groups excluding carboxylic acids is 1. The topological polar surface area (TPSA) is 87.3 Å². The van der Waals surface area contributed by atoms with E-state index in [-0.39, 0.29) is 23.4 Å². The number of nitrogens with one attached hydrogen (secondary N) is 3. The summed E-state index contributed by atoms with van der Waals surface area (Å²) in [5, 5.41) is 6.17. The minimum absolute atomic E-state index is 0.0369. The lowest BCUT2D eigenvalue weighted by atomic mass is 10.1. The van der Waals surface area contributed by atoms with Gasteiger partial charge >= 0.3 is 0 Å². The van der Waals surface area contributed by atoms with E-state index in [1.54, 1.807) is 48.5 Å². The second-order valence-corrected chi connectivity index (χ2v) is 8.03. The molecule has 0 aromatic heterocycles. The van der Waals surface area contributed by atoms with E-state index in [4.69, 9.17) is 0 Å². The van der Waals surface area contributed by atoms with Crippen LogP contribution in [0.3, 0.4) is 0 Å². The summed E-state index contributed by atoms with van der Waals surface area (Å²) in [5.74, 6) is -0.0369. The first kappa shape index (κ1) is 18.4. The molecule has 2 aromatic rings. The largest absolute Gasteiger partial charge is 0.352 e. The molecule has 0 bridgehead atoms. The van der Waals surface area contributed by atoms with Crippen molar-refractivity contribution in [3.8, 4) is 0 Å². The summed E-state index contributed by atoms with van der Waals surface area (Å²) in [6.45, 7) is 1.24. The number of hydrogen-bond acceptors (Lipinski definition) is 4. The van der Waals surface area contributed by atoms with Crippen LogP contribution in [0.15, 0.2) is 59.5 Å². The zero-order valence-corrected chi connectivity index (χ0v) is 15.3. The fourth-order valence-corrected chi connectivity index (χ4v) is 4.12. The Hall–Kier alpha value is -2.38. The molecule has 1 unspecified atom stereocenters. The fraction of sp³-hybridized carbons (Fsp3) is 0.316. The molecule has 0 spiro atoms. The van der Waals surface area contributed by atoms with Crippen molar-refractivity contribution in [3.05, 3.63) is 60.2 Å². The van der Waals surface area contributed by atoms with Gasteiger partial charge in [0.25, 0.3) is 10.0 Å². The average Bonchev–Trinajstić information content (AvgIpc) is 3.14. The molecule has 138 valence electrons. The Morgan fingerprint density at radius 2 is 1.81 bits per heavy atom. The van der Waals surface area contributed by atoms with Gasteiger partial charge in [-0.3, -0.25) is 9.52 Å². The maximum Gasteiger partial charge on any atom is 0.261 e. The third-order valence-electron chi connectivity index (χ3n) is 4.39. The van der Waals surface area contributed by atoms with Crippen LogP contribution in [0.25, 0.3) is 0 Å². The highest BCUT2D eigenvalue weighted by atomic mass is 32.2.